The molecule has 2 atom stereocenters. The molecular formula is C25H23F3N2O6S. The molecule has 0 fully saturated rings. The molecule has 0 saturated heterocycles. The lowest BCUT2D eigenvalue weighted by molar-refractivity contribution is -0.153. The number of alkyl halides is 3. The van der Waals surface area contributed by atoms with Crippen molar-refractivity contribution in [1.82, 2.24) is 9.88 Å². The summed E-state index contributed by atoms with van der Waals surface area (Å²) < 4.78 is 58.7. The summed E-state index contributed by atoms with van der Waals surface area (Å²) in [7, 11) is -1.77. The third kappa shape index (κ3) is 5.10. The number of nitrogens with one attached hydrogen (secondary N) is 1. The Morgan fingerprint density at radius 1 is 1.14 bits per heavy atom. The molecule has 1 aromatic heterocycles. The van der Waals surface area contributed by atoms with Crippen LogP contribution in [0.15, 0.2) is 52.2 Å². The maximum absolute atomic E-state index is 13.4. The zero-order valence-corrected chi connectivity index (χ0v) is 20.8. The zero-order chi connectivity index (χ0) is 27.3. The van der Waals surface area contributed by atoms with Crippen LogP contribution in [0.25, 0.3) is 10.9 Å². The van der Waals surface area contributed by atoms with Crippen molar-refractivity contribution < 1.29 is 36.8 Å². The summed E-state index contributed by atoms with van der Waals surface area (Å²) >= 11 is 0. The summed E-state index contributed by atoms with van der Waals surface area (Å²) in [5.41, 5.74) is -2.71. The molecule has 0 spiro atoms. The van der Waals surface area contributed by atoms with E-state index in [1.807, 2.05) is 0 Å². The van der Waals surface area contributed by atoms with E-state index in [9.17, 15) is 36.9 Å². The van der Waals surface area contributed by atoms with Crippen LogP contribution < -0.4 is 10.9 Å². The molecule has 12 heteroatoms. The van der Waals surface area contributed by atoms with Crippen LogP contribution in [0, 0.1) is 0 Å². The highest BCUT2D eigenvalue weighted by Gasteiger charge is 2.35. The first-order valence-corrected chi connectivity index (χ1v) is 12.4. The third-order valence-corrected chi connectivity index (χ3v) is 7.39. The number of esters is 1. The Balaban J connectivity index is 1.74. The fraction of sp³-hybridized carbons (Fsp3) is 0.320. The van der Waals surface area contributed by atoms with Gasteiger partial charge in [0.1, 0.15) is 23.5 Å². The van der Waals surface area contributed by atoms with Crippen molar-refractivity contribution in [2.45, 2.75) is 49.2 Å². The van der Waals surface area contributed by atoms with Gasteiger partial charge in [-0.05, 0) is 50.6 Å². The molecule has 2 aromatic carbocycles. The Morgan fingerprint density at radius 3 is 2.38 bits per heavy atom. The quantitative estimate of drug-likeness (QED) is 0.492. The van der Waals surface area contributed by atoms with E-state index in [0.29, 0.717) is 5.56 Å². The number of aromatic hydroxyl groups is 1. The van der Waals surface area contributed by atoms with Gasteiger partial charge in [0.05, 0.1) is 32.0 Å². The summed E-state index contributed by atoms with van der Waals surface area (Å²) in [6.07, 6.45) is -4.54. The molecule has 37 heavy (non-hydrogen) atoms. The van der Waals surface area contributed by atoms with Crippen LogP contribution >= 0.6 is 0 Å². The zero-order valence-electron chi connectivity index (χ0n) is 20.0. The molecule has 2 unspecified atom stereocenters. The van der Waals surface area contributed by atoms with Crippen LogP contribution in [0.4, 0.5) is 13.2 Å². The Labute approximate surface area is 211 Å². The summed E-state index contributed by atoms with van der Waals surface area (Å²) in [4.78, 5) is 38.4. The van der Waals surface area contributed by atoms with Gasteiger partial charge in [0, 0.05) is 11.9 Å². The summed E-state index contributed by atoms with van der Waals surface area (Å²) in [5, 5.41) is 12.3. The molecule has 0 aliphatic carbocycles. The second-order valence-electron chi connectivity index (χ2n) is 9.47. The number of carbonyl (C=O) groups is 2. The van der Waals surface area contributed by atoms with Crippen molar-refractivity contribution in [2.75, 3.05) is 6.54 Å². The molecule has 0 saturated carbocycles. The normalized spacial score (nSPS) is 17.5. The highest BCUT2D eigenvalue weighted by Crippen LogP contribution is 2.39. The van der Waals surface area contributed by atoms with E-state index in [4.69, 9.17) is 4.74 Å². The van der Waals surface area contributed by atoms with Crippen molar-refractivity contribution in [3.05, 3.63) is 69.5 Å². The van der Waals surface area contributed by atoms with E-state index in [0.717, 1.165) is 12.1 Å². The number of aromatic nitrogens is 1. The molecule has 1 aliphatic heterocycles. The number of halogens is 3. The van der Waals surface area contributed by atoms with Crippen molar-refractivity contribution >= 4 is 33.6 Å². The van der Waals surface area contributed by atoms with Gasteiger partial charge >= 0.3 is 12.1 Å². The second-order valence-corrected chi connectivity index (χ2v) is 11.1. The number of rotatable bonds is 4. The van der Waals surface area contributed by atoms with E-state index in [1.54, 1.807) is 20.8 Å². The van der Waals surface area contributed by atoms with Gasteiger partial charge in [0.15, 0.2) is 0 Å². The largest absolute Gasteiger partial charge is 0.506 e. The van der Waals surface area contributed by atoms with Crippen molar-refractivity contribution in [2.24, 2.45) is 0 Å². The first-order chi connectivity index (χ1) is 17.2. The number of para-hydroxylation sites is 1. The average molecular weight is 537 g/mol. The number of amides is 1. The molecule has 0 radical (unpaired) electrons. The van der Waals surface area contributed by atoms with Crippen LogP contribution in [0.1, 0.15) is 47.5 Å². The molecule has 3 aromatic rings. The van der Waals surface area contributed by atoms with Crippen LogP contribution in [-0.2, 0) is 33.1 Å². The van der Waals surface area contributed by atoms with Gasteiger partial charge in [-0.15, -0.1) is 0 Å². The number of nitrogens with zero attached hydrogens (tertiary/aromatic N) is 1. The second kappa shape index (κ2) is 9.33. The van der Waals surface area contributed by atoms with Crippen LogP contribution in [-0.4, -0.2) is 37.9 Å². The Bertz CT molecular complexity index is 1490. The molecule has 8 nitrogen and oxygen atoms in total. The van der Waals surface area contributed by atoms with E-state index in [2.05, 4.69) is 5.32 Å². The maximum Gasteiger partial charge on any atom is 0.416 e. The van der Waals surface area contributed by atoms with Gasteiger partial charge in [-0.1, -0.05) is 18.2 Å². The van der Waals surface area contributed by atoms with Gasteiger partial charge in [-0.2, -0.15) is 13.2 Å². The number of carbonyl (C=O) groups excluding carboxylic acids is 2. The fourth-order valence-corrected chi connectivity index (χ4v) is 5.75. The lowest BCUT2D eigenvalue weighted by atomic mass is 10.1. The van der Waals surface area contributed by atoms with E-state index in [-0.39, 0.29) is 22.3 Å². The Hall–Kier alpha value is -3.67. The van der Waals surface area contributed by atoms with Crippen LogP contribution in [0.2, 0.25) is 0 Å². The number of hydrogen-bond donors (Lipinski definition) is 2. The van der Waals surface area contributed by atoms with Crippen molar-refractivity contribution in [1.29, 1.82) is 0 Å². The van der Waals surface area contributed by atoms with Gasteiger partial charge < -0.3 is 19.7 Å². The average Bonchev–Trinajstić information content (AvgIpc) is 2.80. The molecule has 2 N–H and O–H groups in total. The molecule has 0 bridgehead atoms. The molecule has 1 aliphatic rings. The van der Waals surface area contributed by atoms with Crippen LogP contribution in [0.5, 0.6) is 5.75 Å². The fourth-order valence-electron chi connectivity index (χ4n) is 4.13. The summed E-state index contributed by atoms with van der Waals surface area (Å²) in [6.45, 7) is 4.18. The lowest BCUT2D eigenvalue weighted by Crippen LogP contribution is -2.39. The van der Waals surface area contributed by atoms with E-state index >= 15 is 0 Å². The first kappa shape index (κ1) is 26.4. The van der Waals surface area contributed by atoms with Gasteiger partial charge in [-0.25, -0.2) is 0 Å². The minimum absolute atomic E-state index is 0.0961. The number of pyridine rings is 1. The number of ether oxygens (including phenoxy) is 1. The molecular weight excluding hydrogens is 513 g/mol. The SMILES string of the molecule is CC(C)(C)OC(=O)CNC(=O)c1c(O)c2cccc3c2n(c1=O)CC(c1ccc(C(F)(F)F)cc1)S3=O. The van der Waals surface area contributed by atoms with E-state index in [1.165, 1.54) is 34.9 Å². The minimum Gasteiger partial charge on any atom is -0.506 e. The minimum atomic E-state index is -4.54. The van der Waals surface area contributed by atoms with Gasteiger partial charge in [0.25, 0.3) is 11.5 Å². The van der Waals surface area contributed by atoms with E-state index < -0.39 is 68.7 Å². The van der Waals surface area contributed by atoms with Gasteiger partial charge in [-0.3, -0.25) is 18.6 Å². The Kier molecular flexibility index (Phi) is 6.65. The highest BCUT2D eigenvalue weighted by molar-refractivity contribution is 7.85. The molecule has 2 heterocycles. The highest BCUT2D eigenvalue weighted by atomic mass is 32.2. The predicted octanol–water partition coefficient (Wildman–Crippen LogP) is 3.66. The maximum atomic E-state index is 13.4. The Morgan fingerprint density at radius 2 is 1.78 bits per heavy atom. The molecule has 196 valence electrons. The summed E-state index contributed by atoms with van der Waals surface area (Å²) in [6, 6.07) is 8.58. The lowest BCUT2D eigenvalue weighted by Gasteiger charge is -2.27. The number of hydrogen-bond acceptors (Lipinski definition) is 6. The van der Waals surface area contributed by atoms with Crippen LogP contribution in [0.3, 0.4) is 0 Å². The smallest absolute Gasteiger partial charge is 0.416 e. The standard InChI is InChI=1S/C25H23F3N2O6S/c1-24(2,3)36-18(31)11-29-22(33)19-21(32)15-5-4-6-16-20(15)30(23(19)34)12-17(37(16)35)13-7-9-14(10-8-13)25(26,27)28/h4-10,17,32H,11-12H2,1-3H3,(H,29,33). The summed E-state index contributed by atoms with van der Waals surface area (Å²) in [5.74, 6) is -2.39. The predicted molar refractivity (Wildman–Crippen MR) is 129 cm³/mol. The van der Waals surface area contributed by atoms with Crippen molar-refractivity contribution in [3.63, 3.8) is 0 Å². The van der Waals surface area contributed by atoms with Gasteiger partial charge in [0.2, 0.25) is 0 Å². The topological polar surface area (TPSA) is 115 Å². The molecule has 1 amide bonds. The van der Waals surface area contributed by atoms with Crippen molar-refractivity contribution in [3.8, 4) is 5.75 Å². The number of benzene rings is 2. The monoisotopic (exact) mass is 536 g/mol. The first-order valence-electron chi connectivity index (χ1n) is 11.2. The molecule has 4 rings (SSSR count). The third-order valence-electron chi connectivity index (χ3n) is 5.69.